The van der Waals surface area contributed by atoms with Crippen molar-refractivity contribution in [2.75, 3.05) is 4.90 Å². The van der Waals surface area contributed by atoms with Gasteiger partial charge in [0.2, 0.25) is 0 Å². The second-order valence-corrected chi connectivity index (χ2v) is 6.58. The van der Waals surface area contributed by atoms with E-state index in [-0.39, 0.29) is 12.1 Å². The highest BCUT2D eigenvalue weighted by Gasteiger charge is 2.50. The third kappa shape index (κ3) is 2.01. The van der Waals surface area contributed by atoms with E-state index in [1.165, 1.54) is 0 Å². The molecule has 4 rings (SSSR count). The van der Waals surface area contributed by atoms with Crippen molar-refractivity contribution < 1.29 is 9.53 Å². The fraction of sp³-hybridized carbons (Fsp3) is 0.316. The molecule has 2 unspecified atom stereocenters. The van der Waals surface area contributed by atoms with E-state index in [0.29, 0.717) is 0 Å². The first-order chi connectivity index (χ1) is 11.0. The lowest BCUT2D eigenvalue weighted by Gasteiger charge is -2.51. The molecule has 0 spiro atoms. The zero-order chi connectivity index (χ0) is 16.2. The van der Waals surface area contributed by atoms with Crippen molar-refractivity contribution in [3.8, 4) is 5.75 Å². The summed E-state index contributed by atoms with van der Waals surface area (Å²) in [5, 5.41) is 3.13. The molecule has 1 fully saturated rings. The molecule has 2 aromatic carbocycles. The first-order valence-electron chi connectivity index (χ1n) is 7.94. The van der Waals surface area contributed by atoms with Crippen LogP contribution in [-0.4, -0.2) is 11.8 Å². The minimum absolute atomic E-state index is 0.00110. The van der Waals surface area contributed by atoms with Crippen molar-refractivity contribution in [1.82, 2.24) is 5.32 Å². The number of amides is 2. The number of aryl methyl sites for hydroxylation is 1. The monoisotopic (exact) mass is 308 g/mol. The van der Waals surface area contributed by atoms with Crippen molar-refractivity contribution in [2.24, 2.45) is 0 Å². The molecule has 0 saturated carbocycles. The molecule has 2 aliphatic heterocycles. The molecule has 2 atom stereocenters. The molecule has 0 aliphatic carbocycles. The van der Waals surface area contributed by atoms with E-state index in [1.807, 2.05) is 50.2 Å². The second kappa shape index (κ2) is 4.75. The van der Waals surface area contributed by atoms with Gasteiger partial charge in [0.25, 0.3) is 0 Å². The number of nitrogens with zero attached hydrogens (tertiary/aromatic N) is 1. The van der Waals surface area contributed by atoms with Gasteiger partial charge >= 0.3 is 6.03 Å². The van der Waals surface area contributed by atoms with Crippen LogP contribution in [0.3, 0.4) is 0 Å². The van der Waals surface area contributed by atoms with Gasteiger partial charge < -0.3 is 10.1 Å². The standard InChI is InChI=1S/C19H20N2O2/c1-12-7-6-9-16(13(12)2)21-18(22)20-15-11-19(21,3)23-17-10-5-4-8-14(15)17/h4-10,15H,11H2,1-3H3,(H,20,22). The molecule has 0 radical (unpaired) electrons. The van der Waals surface area contributed by atoms with Crippen LogP contribution in [0, 0.1) is 13.8 Å². The van der Waals surface area contributed by atoms with E-state index in [2.05, 4.69) is 18.3 Å². The highest BCUT2D eigenvalue weighted by molar-refractivity contribution is 5.95. The van der Waals surface area contributed by atoms with Gasteiger partial charge in [0.1, 0.15) is 5.75 Å². The maximum absolute atomic E-state index is 12.8. The second-order valence-electron chi connectivity index (χ2n) is 6.58. The Bertz CT molecular complexity index is 802. The summed E-state index contributed by atoms with van der Waals surface area (Å²) >= 11 is 0. The van der Waals surface area contributed by atoms with Crippen LogP contribution in [0.2, 0.25) is 0 Å². The summed E-state index contributed by atoms with van der Waals surface area (Å²) in [4.78, 5) is 14.6. The van der Waals surface area contributed by atoms with Crippen LogP contribution in [0.15, 0.2) is 42.5 Å². The van der Waals surface area contributed by atoms with Gasteiger partial charge in [-0.05, 0) is 44.0 Å². The fourth-order valence-corrected chi connectivity index (χ4v) is 3.66. The fourth-order valence-electron chi connectivity index (χ4n) is 3.66. The molecule has 23 heavy (non-hydrogen) atoms. The Kier molecular flexibility index (Phi) is 2.92. The van der Waals surface area contributed by atoms with Crippen LogP contribution in [0.1, 0.15) is 36.1 Å². The van der Waals surface area contributed by atoms with Crippen molar-refractivity contribution >= 4 is 11.7 Å². The number of para-hydroxylation sites is 1. The number of urea groups is 1. The maximum atomic E-state index is 12.8. The molecule has 1 N–H and O–H groups in total. The van der Waals surface area contributed by atoms with Crippen molar-refractivity contribution in [2.45, 2.75) is 39.0 Å². The third-order valence-corrected chi connectivity index (χ3v) is 5.00. The highest BCUT2D eigenvalue weighted by Crippen LogP contribution is 2.45. The van der Waals surface area contributed by atoms with Gasteiger partial charge in [-0.25, -0.2) is 4.79 Å². The van der Waals surface area contributed by atoms with E-state index >= 15 is 0 Å². The Hall–Kier alpha value is -2.49. The van der Waals surface area contributed by atoms with Gasteiger partial charge in [0.05, 0.1) is 11.7 Å². The first-order valence-corrected chi connectivity index (χ1v) is 7.94. The van der Waals surface area contributed by atoms with Gasteiger partial charge in [-0.15, -0.1) is 0 Å². The zero-order valence-electron chi connectivity index (χ0n) is 13.6. The molecule has 4 heteroatoms. The minimum Gasteiger partial charge on any atom is -0.467 e. The van der Waals surface area contributed by atoms with Crippen molar-refractivity contribution in [1.29, 1.82) is 0 Å². The topological polar surface area (TPSA) is 41.6 Å². The van der Waals surface area contributed by atoms with Crippen LogP contribution in [0.5, 0.6) is 5.75 Å². The van der Waals surface area contributed by atoms with Gasteiger partial charge in [-0.2, -0.15) is 0 Å². The quantitative estimate of drug-likeness (QED) is 0.862. The van der Waals surface area contributed by atoms with E-state index in [9.17, 15) is 4.79 Å². The molecule has 2 bridgehead atoms. The van der Waals surface area contributed by atoms with Crippen LogP contribution in [-0.2, 0) is 0 Å². The van der Waals surface area contributed by atoms with Gasteiger partial charge in [0.15, 0.2) is 5.72 Å². The maximum Gasteiger partial charge on any atom is 0.325 e. The number of hydrogen-bond acceptors (Lipinski definition) is 2. The van der Waals surface area contributed by atoms with Crippen LogP contribution in [0.4, 0.5) is 10.5 Å². The van der Waals surface area contributed by atoms with E-state index in [1.54, 1.807) is 4.90 Å². The number of hydrogen-bond donors (Lipinski definition) is 1. The molecule has 2 aromatic rings. The molecule has 2 aliphatic rings. The largest absolute Gasteiger partial charge is 0.467 e. The van der Waals surface area contributed by atoms with E-state index in [4.69, 9.17) is 4.74 Å². The summed E-state index contributed by atoms with van der Waals surface area (Å²) in [5.41, 5.74) is 3.55. The third-order valence-electron chi connectivity index (χ3n) is 5.00. The van der Waals surface area contributed by atoms with Crippen LogP contribution < -0.4 is 15.0 Å². The average molecular weight is 308 g/mol. The molecule has 2 amide bonds. The molecule has 4 nitrogen and oxygen atoms in total. The number of rotatable bonds is 1. The summed E-state index contributed by atoms with van der Waals surface area (Å²) < 4.78 is 6.29. The predicted octanol–water partition coefficient (Wildman–Crippen LogP) is 4.07. The molecular weight excluding hydrogens is 288 g/mol. The van der Waals surface area contributed by atoms with E-state index in [0.717, 1.165) is 34.5 Å². The minimum atomic E-state index is -0.681. The lowest BCUT2D eigenvalue weighted by Crippen LogP contribution is -2.65. The summed E-state index contributed by atoms with van der Waals surface area (Å²) in [6, 6.07) is 13.9. The molecule has 0 aromatic heterocycles. The Morgan fingerprint density at radius 3 is 2.78 bits per heavy atom. The van der Waals surface area contributed by atoms with Crippen molar-refractivity contribution in [3.63, 3.8) is 0 Å². The summed E-state index contributed by atoms with van der Waals surface area (Å²) in [6.45, 7) is 6.10. The van der Waals surface area contributed by atoms with Gasteiger partial charge in [0, 0.05) is 12.0 Å². The summed E-state index contributed by atoms with van der Waals surface area (Å²) in [5.74, 6) is 0.849. The van der Waals surface area contributed by atoms with Crippen molar-refractivity contribution in [3.05, 3.63) is 59.2 Å². The normalized spacial score (nSPS) is 25.4. The van der Waals surface area contributed by atoms with Gasteiger partial charge in [-0.3, -0.25) is 4.90 Å². The molecule has 2 heterocycles. The molecular formula is C19H20N2O2. The first kappa shape index (κ1) is 14.1. The molecule has 118 valence electrons. The Morgan fingerprint density at radius 1 is 1.17 bits per heavy atom. The smallest absolute Gasteiger partial charge is 0.325 e. The lowest BCUT2D eigenvalue weighted by atomic mass is 9.89. The lowest BCUT2D eigenvalue weighted by molar-refractivity contribution is 0.0378. The van der Waals surface area contributed by atoms with Gasteiger partial charge in [-0.1, -0.05) is 30.3 Å². The number of fused-ring (bicyclic) bond motifs is 4. The van der Waals surface area contributed by atoms with E-state index < -0.39 is 5.72 Å². The summed E-state index contributed by atoms with van der Waals surface area (Å²) in [7, 11) is 0. The van der Waals surface area contributed by atoms with Crippen LogP contribution >= 0.6 is 0 Å². The number of benzene rings is 2. The number of carbonyl (C=O) groups excluding carboxylic acids is 1. The Morgan fingerprint density at radius 2 is 1.96 bits per heavy atom. The highest BCUT2D eigenvalue weighted by atomic mass is 16.5. The SMILES string of the molecule is Cc1cccc(N2C(=O)NC3CC2(C)Oc2ccccc23)c1C. The number of ether oxygens (including phenoxy) is 1. The van der Waals surface area contributed by atoms with Crippen LogP contribution in [0.25, 0.3) is 0 Å². The number of nitrogens with one attached hydrogen (secondary N) is 1. The molecule has 1 saturated heterocycles. The Labute approximate surface area is 136 Å². The zero-order valence-corrected chi connectivity index (χ0v) is 13.6. The predicted molar refractivity (Wildman–Crippen MR) is 89.8 cm³/mol. The number of anilines is 1. The summed E-state index contributed by atoms with van der Waals surface area (Å²) in [6.07, 6.45) is 0.725. The number of carbonyl (C=O) groups is 1. The average Bonchev–Trinajstić information content (AvgIpc) is 2.50. The Balaban J connectivity index is 1.84.